The maximum absolute atomic E-state index is 14.9. The monoisotopic (exact) mass is 494 g/mol. The molecular formula is C25H27FN6O4. The number of carbonyl (C=O) groups excluding carboxylic acids is 2. The Hall–Kier alpha value is -3.86. The highest BCUT2D eigenvalue weighted by molar-refractivity contribution is 6.04. The van der Waals surface area contributed by atoms with Crippen LogP contribution in [-0.2, 0) is 28.9 Å². The molecule has 0 fully saturated rings. The van der Waals surface area contributed by atoms with Crippen molar-refractivity contribution in [3.8, 4) is 11.5 Å². The summed E-state index contributed by atoms with van der Waals surface area (Å²) in [5, 5.41) is 11.2. The standard InChI is InChI=1S/C25H27FN6O4/c1-15-6-7-22-29-30-23(32(15)22)20-4-3-5-21(27-20)28-24(33)18-12-17-14-31(25(34)36-11-10-35-2)9-8-16(17)13-19(18)26/h3-5,12-13,15H,6-11,14H2,1-2H3,(H,27,28,33)/t15-/m0/s1. The molecule has 4 heterocycles. The predicted molar refractivity (Wildman–Crippen MR) is 128 cm³/mol. The first-order chi connectivity index (χ1) is 17.4. The number of pyridine rings is 1. The number of nitrogens with one attached hydrogen (secondary N) is 1. The van der Waals surface area contributed by atoms with Crippen LogP contribution in [-0.4, -0.2) is 63.5 Å². The number of anilines is 1. The molecule has 11 heteroatoms. The van der Waals surface area contributed by atoms with E-state index < -0.39 is 17.8 Å². The number of methoxy groups -OCH3 is 1. The molecule has 2 amide bonds. The maximum atomic E-state index is 14.9. The van der Waals surface area contributed by atoms with Gasteiger partial charge in [0.2, 0.25) is 0 Å². The number of fused-ring (bicyclic) bond motifs is 2. The van der Waals surface area contributed by atoms with Crippen LogP contribution in [0.3, 0.4) is 0 Å². The van der Waals surface area contributed by atoms with Crippen molar-refractivity contribution in [3.05, 3.63) is 58.7 Å². The molecule has 2 aliphatic heterocycles. The van der Waals surface area contributed by atoms with Crippen molar-refractivity contribution in [2.24, 2.45) is 0 Å². The van der Waals surface area contributed by atoms with Crippen LogP contribution < -0.4 is 5.32 Å². The summed E-state index contributed by atoms with van der Waals surface area (Å²) in [6.45, 7) is 3.20. The van der Waals surface area contributed by atoms with E-state index in [4.69, 9.17) is 9.47 Å². The van der Waals surface area contributed by atoms with Crippen LogP contribution in [0.2, 0.25) is 0 Å². The molecule has 188 valence electrons. The van der Waals surface area contributed by atoms with E-state index >= 15 is 0 Å². The van der Waals surface area contributed by atoms with Gasteiger partial charge in [0.25, 0.3) is 5.91 Å². The molecule has 0 radical (unpaired) electrons. The molecule has 0 spiro atoms. The molecule has 1 aromatic carbocycles. The van der Waals surface area contributed by atoms with Crippen molar-refractivity contribution in [2.75, 3.05) is 32.2 Å². The molecule has 1 N–H and O–H groups in total. The van der Waals surface area contributed by atoms with Gasteiger partial charge in [-0.1, -0.05) is 6.07 Å². The van der Waals surface area contributed by atoms with Crippen molar-refractivity contribution in [1.82, 2.24) is 24.6 Å². The van der Waals surface area contributed by atoms with E-state index in [2.05, 4.69) is 32.0 Å². The van der Waals surface area contributed by atoms with E-state index in [-0.39, 0.29) is 30.6 Å². The van der Waals surface area contributed by atoms with Crippen LogP contribution >= 0.6 is 0 Å². The number of halogens is 1. The lowest BCUT2D eigenvalue weighted by Gasteiger charge is -2.28. The number of carbonyl (C=O) groups is 2. The zero-order valence-electron chi connectivity index (χ0n) is 20.2. The number of aromatic nitrogens is 4. The molecular weight excluding hydrogens is 467 g/mol. The quantitative estimate of drug-likeness (QED) is 0.523. The molecule has 0 saturated carbocycles. The number of nitrogens with zero attached hydrogens (tertiary/aromatic N) is 5. The number of amides is 2. The Morgan fingerprint density at radius 2 is 2.03 bits per heavy atom. The van der Waals surface area contributed by atoms with Gasteiger partial charge in [0, 0.05) is 32.7 Å². The Balaban J connectivity index is 1.32. The second-order valence-corrected chi connectivity index (χ2v) is 8.94. The lowest BCUT2D eigenvalue weighted by Crippen LogP contribution is -2.37. The molecule has 0 saturated heterocycles. The van der Waals surface area contributed by atoms with Crippen LogP contribution in [0.25, 0.3) is 11.5 Å². The lowest BCUT2D eigenvalue weighted by atomic mass is 9.97. The van der Waals surface area contributed by atoms with E-state index in [1.807, 2.05) is 0 Å². The topological polar surface area (TPSA) is 111 Å². The van der Waals surface area contributed by atoms with E-state index in [1.165, 1.54) is 24.1 Å². The molecule has 0 bridgehead atoms. The Morgan fingerprint density at radius 3 is 2.86 bits per heavy atom. The fraction of sp³-hybridized carbons (Fsp3) is 0.400. The molecule has 10 nitrogen and oxygen atoms in total. The van der Waals surface area contributed by atoms with E-state index in [1.54, 1.807) is 18.2 Å². The van der Waals surface area contributed by atoms with Gasteiger partial charge in [0.1, 0.15) is 29.8 Å². The number of hydrogen-bond acceptors (Lipinski definition) is 7. The molecule has 3 aromatic rings. The summed E-state index contributed by atoms with van der Waals surface area (Å²) >= 11 is 0. The highest BCUT2D eigenvalue weighted by Gasteiger charge is 2.26. The van der Waals surface area contributed by atoms with Crippen LogP contribution in [0.1, 0.15) is 46.7 Å². The lowest BCUT2D eigenvalue weighted by molar-refractivity contribution is 0.0688. The third kappa shape index (κ3) is 4.66. The molecule has 0 unspecified atom stereocenters. The predicted octanol–water partition coefficient (Wildman–Crippen LogP) is 3.38. The third-order valence-corrected chi connectivity index (χ3v) is 6.53. The van der Waals surface area contributed by atoms with Crippen molar-refractivity contribution in [1.29, 1.82) is 0 Å². The van der Waals surface area contributed by atoms with Gasteiger partial charge in [-0.3, -0.25) is 4.79 Å². The normalized spacial score (nSPS) is 16.4. The fourth-order valence-corrected chi connectivity index (χ4v) is 4.62. The second-order valence-electron chi connectivity index (χ2n) is 8.94. The summed E-state index contributed by atoms with van der Waals surface area (Å²) < 4.78 is 27.0. The summed E-state index contributed by atoms with van der Waals surface area (Å²) in [6, 6.07) is 8.33. The average Bonchev–Trinajstić information content (AvgIpc) is 3.46. The number of ether oxygens (including phenoxy) is 2. The first-order valence-electron chi connectivity index (χ1n) is 11.9. The van der Waals surface area contributed by atoms with Gasteiger partial charge < -0.3 is 24.3 Å². The Bertz CT molecular complexity index is 1310. The molecule has 2 aromatic heterocycles. The minimum absolute atomic E-state index is 0.118. The summed E-state index contributed by atoms with van der Waals surface area (Å²) in [6.07, 6.45) is 1.86. The highest BCUT2D eigenvalue weighted by Crippen LogP contribution is 2.30. The smallest absolute Gasteiger partial charge is 0.410 e. The van der Waals surface area contributed by atoms with Gasteiger partial charge in [-0.15, -0.1) is 10.2 Å². The summed E-state index contributed by atoms with van der Waals surface area (Å²) in [4.78, 5) is 31.4. The van der Waals surface area contributed by atoms with Crippen molar-refractivity contribution in [2.45, 2.75) is 38.8 Å². The first-order valence-corrected chi connectivity index (χ1v) is 11.9. The number of rotatable bonds is 6. The largest absolute Gasteiger partial charge is 0.447 e. The van der Waals surface area contributed by atoms with Gasteiger partial charge in [0.05, 0.1) is 12.2 Å². The van der Waals surface area contributed by atoms with Gasteiger partial charge >= 0.3 is 6.09 Å². The number of benzene rings is 1. The average molecular weight is 495 g/mol. The fourth-order valence-electron chi connectivity index (χ4n) is 4.62. The van der Waals surface area contributed by atoms with Crippen LogP contribution in [0, 0.1) is 5.82 Å². The van der Waals surface area contributed by atoms with Gasteiger partial charge in [0.15, 0.2) is 5.82 Å². The van der Waals surface area contributed by atoms with Gasteiger partial charge in [-0.05, 0) is 55.2 Å². The first kappa shape index (κ1) is 23.9. The van der Waals surface area contributed by atoms with Gasteiger partial charge in [-0.2, -0.15) is 0 Å². The van der Waals surface area contributed by atoms with Crippen molar-refractivity contribution >= 4 is 17.8 Å². The second kappa shape index (κ2) is 10.0. The van der Waals surface area contributed by atoms with Crippen LogP contribution in [0.15, 0.2) is 30.3 Å². The Morgan fingerprint density at radius 1 is 1.17 bits per heavy atom. The van der Waals surface area contributed by atoms with Crippen molar-refractivity contribution < 1.29 is 23.5 Å². The third-order valence-electron chi connectivity index (χ3n) is 6.53. The van der Waals surface area contributed by atoms with E-state index in [9.17, 15) is 14.0 Å². The number of hydrogen-bond donors (Lipinski definition) is 1. The van der Waals surface area contributed by atoms with E-state index in [0.29, 0.717) is 36.7 Å². The summed E-state index contributed by atoms with van der Waals surface area (Å²) in [7, 11) is 1.53. The summed E-state index contributed by atoms with van der Waals surface area (Å²) in [5.74, 6) is 0.591. The summed E-state index contributed by atoms with van der Waals surface area (Å²) in [5.41, 5.74) is 1.92. The SMILES string of the molecule is COCCOC(=O)N1CCc2cc(F)c(C(=O)Nc3cccc(-c4nnc5n4[C@@H](C)CC5)n3)cc2C1. The van der Waals surface area contributed by atoms with Crippen LogP contribution in [0.4, 0.5) is 15.0 Å². The maximum Gasteiger partial charge on any atom is 0.410 e. The molecule has 36 heavy (non-hydrogen) atoms. The highest BCUT2D eigenvalue weighted by atomic mass is 19.1. The minimum atomic E-state index is -0.625. The zero-order chi connectivity index (χ0) is 25.2. The molecule has 5 rings (SSSR count). The van der Waals surface area contributed by atoms with E-state index in [0.717, 1.165) is 24.2 Å². The Labute approximate surface area is 207 Å². The van der Waals surface area contributed by atoms with Crippen molar-refractivity contribution in [3.63, 3.8) is 0 Å². The number of aryl methyl sites for hydroxylation is 1. The Kier molecular flexibility index (Phi) is 6.64. The van der Waals surface area contributed by atoms with Gasteiger partial charge in [-0.25, -0.2) is 14.2 Å². The zero-order valence-corrected chi connectivity index (χ0v) is 20.2. The molecule has 1 atom stereocenters. The molecule has 2 aliphatic rings. The van der Waals surface area contributed by atoms with Crippen LogP contribution in [0.5, 0.6) is 0 Å². The molecule has 0 aliphatic carbocycles. The minimum Gasteiger partial charge on any atom is -0.447 e.